The van der Waals surface area contributed by atoms with E-state index in [1.54, 1.807) is 18.2 Å². The van der Waals surface area contributed by atoms with Gasteiger partial charge >= 0.3 is 0 Å². The first-order valence-corrected chi connectivity index (χ1v) is 4.10. The van der Waals surface area contributed by atoms with Crippen LogP contribution in [0.5, 0.6) is 0 Å². The van der Waals surface area contributed by atoms with Gasteiger partial charge in [-0.05, 0) is 12.1 Å². The van der Waals surface area contributed by atoms with Gasteiger partial charge in [0.2, 0.25) is 0 Å². The molecule has 66 valence electrons. The quantitative estimate of drug-likeness (QED) is 0.420. The fourth-order valence-corrected chi connectivity index (χ4v) is 1.08. The number of benzene rings is 1. The van der Waals surface area contributed by atoms with Crippen LogP contribution in [0.2, 0.25) is 5.02 Å². The maximum atomic E-state index is 10.00. The normalized spacial score (nSPS) is 8.69. The van der Waals surface area contributed by atoms with Gasteiger partial charge in [0.1, 0.15) is 6.29 Å². The molecule has 13 heavy (non-hydrogen) atoms. The highest BCUT2D eigenvalue weighted by Gasteiger charge is 1.99. The number of rotatable bonds is 1. The van der Waals surface area contributed by atoms with Gasteiger partial charge in [-0.25, -0.2) is 0 Å². The molecule has 1 aromatic carbocycles. The van der Waals surface area contributed by atoms with Crippen LogP contribution in [0.15, 0.2) is 18.2 Å². The van der Waals surface area contributed by atoms with Gasteiger partial charge in [0.05, 0.1) is 17.0 Å². The minimum Gasteiger partial charge on any atom is -0.398 e. The number of nitrogen functional groups attached to an aromatic ring is 1. The molecule has 0 radical (unpaired) electrons. The number of halogens is 1. The number of aldehydes is 1. The van der Waals surface area contributed by atoms with Crippen LogP contribution in [0.4, 0.5) is 5.69 Å². The van der Waals surface area contributed by atoms with Gasteiger partial charge in [0, 0.05) is 5.69 Å². The van der Waals surface area contributed by atoms with E-state index in [1.807, 2.05) is 0 Å². The predicted molar refractivity (Wildman–Crippen MR) is 53.4 cm³/mol. The third kappa shape index (κ3) is 2.50. The number of carbonyl (C=O) groups excluding carboxylic acids is 1. The Bertz CT molecular complexity index is 356. The van der Waals surface area contributed by atoms with Crippen molar-refractivity contribution in [3.05, 3.63) is 28.8 Å². The fraction of sp³-hybridized carbons (Fsp3) is 0.100. The molecule has 0 amide bonds. The molecule has 2 N–H and O–H groups in total. The first-order chi connectivity index (χ1) is 6.25. The van der Waals surface area contributed by atoms with Crippen LogP contribution in [-0.4, -0.2) is 6.29 Å². The fourth-order valence-electron chi connectivity index (χ4n) is 0.854. The zero-order valence-corrected chi connectivity index (χ0v) is 7.64. The van der Waals surface area contributed by atoms with Gasteiger partial charge < -0.3 is 10.5 Å². The first kappa shape index (κ1) is 9.63. The summed E-state index contributed by atoms with van der Waals surface area (Å²) >= 11 is 5.84. The molecule has 0 unspecified atom stereocenters. The molecule has 0 atom stereocenters. The predicted octanol–water partition coefficient (Wildman–Crippen LogP) is 1.86. The molecule has 0 heterocycles. The number of hydrogen-bond donors (Lipinski definition) is 1. The minimum absolute atomic E-state index is 0.199. The van der Waals surface area contributed by atoms with Crippen molar-refractivity contribution in [2.45, 2.75) is 6.42 Å². The van der Waals surface area contributed by atoms with Gasteiger partial charge in [-0.3, -0.25) is 0 Å². The smallest absolute Gasteiger partial charge is 0.131 e. The molecule has 0 aliphatic heterocycles. The third-order valence-corrected chi connectivity index (χ3v) is 1.76. The van der Waals surface area contributed by atoms with Crippen LogP contribution < -0.4 is 5.73 Å². The second-order valence-corrected chi connectivity index (χ2v) is 2.78. The van der Waals surface area contributed by atoms with E-state index in [0.29, 0.717) is 16.3 Å². The average molecular weight is 194 g/mol. The Morgan fingerprint density at radius 1 is 1.54 bits per heavy atom. The number of hydrogen-bond acceptors (Lipinski definition) is 2. The monoisotopic (exact) mass is 193 g/mol. The molecule has 1 rings (SSSR count). The van der Waals surface area contributed by atoms with Gasteiger partial charge in [0.25, 0.3) is 0 Å². The van der Waals surface area contributed by atoms with Crippen LogP contribution in [0.25, 0.3) is 0 Å². The number of anilines is 1. The highest BCUT2D eigenvalue weighted by atomic mass is 35.5. The van der Waals surface area contributed by atoms with Crippen molar-refractivity contribution >= 4 is 23.6 Å². The van der Waals surface area contributed by atoms with Crippen molar-refractivity contribution in [2.75, 3.05) is 5.73 Å². The maximum absolute atomic E-state index is 10.00. The largest absolute Gasteiger partial charge is 0.398 e. The highest BCUT2D eigenvalue weighted by Crippen LogP contribution is 2.20. The van der Waals surface area contributed by atoms with Crippen molar-refractivity contribution in [1.82, 2.24) is 0 Å². The van der Waals surface area contributed by atoms with Gasteiger partial charge in [-0.15, -0.1) is 0 Å². The molecule has 0 fully saturated rings. The van der Waals surface area contributed by atoms with E-state index in [0.717, 1.165) is 6.29 Å². The molecule has 0 aromatic heterocycles. The highest BCUT2D eigenvalue weighted by molar-refractivity contribution is 6.32. The van der Waals surface area contributed by atoms with Gasteiger partial charge in [-0.2, -0.15) is 0 Å². The van der Waals surface area contributed by atoms with E-state index in [-0.39, 0.29) is 6.42 Å². The molecule has 1 aromatic rings. The van der Waals surface area contributed by atoms with E-state index >= 15 is 0 Å². The van der Waals surface area contributed by atoms with E-state index < -0.39 is 0 Å². The Hall–Kier alpha value is -1.46. The van der Waals surface area contributed by atoms with Gasteiger partial charge in [-0.1, -0.05) is 29.5 Å². The summed E-state index contributed by atoms with van der Waals surface area (Å²) in [6.45, 7) is 0. The van der Waals surface area contributed by atoms with Crippen molar-refractivity contribution in [2.24, 2.45) is 0 Å². The summed E-state index contributed by atoms with van der Waals surface area (Å²) in [5.41, 5.74) is 6.75. The second kappa shape index (κ2) is 4.54. The summed E-state index contributed by atoms with van der Waals surface area (Å²) in [5, 5.41) is 0.512. The topological polar surface area (TPSA) is 43.1 Å². The van der Waals surface area contributed by atoms with E-state index in [4.69, 9.17) is 17.3 Å². The molecular formula is C10H8ClNO. The molecular weight excluding hydrogens is 186 g/mol. The van der Waals surface area contributed by atoms with Crippen LogP contribution in [0, 0.1) is 11.8 Å². The van der Waals surface area contributed by atoms with Crippen LogP contribution in [-0.2, 0) is 4.79 Å². The average Bonchev–Trinajstić information content (AvgIpc) is 2.10. The SMILES string of the molecule is Nc1cccc(Cl)c1C#CCC=O. The lowest BCUT2D eigenvalue weighted by atomic mass is 10.2. The van der Waals surface area contributed by atoms with E-state index in [1.165, 1.54) is 0 Å². The Kier molecular flexibility index (Phi) is 3.36. The van der Waals surface area contributed by atoms with Crippen LogP contribution >= 0.6 is 11.6 Å². The summed E-state index contributed by atoms with van der Waals surface area (Å²) in [6.07, 6.45) is 0.935. The Balaban J connectivity index is 3.01. The molecule has 3 heteroatoms. The van der Waals surface area contributed by atoms with Crippen molar-refractivity contribution in [1.29, 1.82) is 0 Å². The lowest BCUT2D eigenvalue weighted by Gasteiger charge is -1.98. The lowest BCUT2D eigenvalue weighted by Crippen LogP contribution is -1.90. The molecule has 0 aliphatic carbocycles. The zero-order chi connectivity index (χ0) is 9.68. The van der Waals surface area contributed by atoms with Crippen molar-refractivity contribution < 1.29 is 4.79 Å². The summed E-state index contributed by atoms with van der Waals surface area (Å²) in [5.74, 6) is 5.39. The van der Waals surface area contributed by atoms with Crippen LogP contribution in [0.3, 0.4) is 0 Å². The Labute approximate surface area is 81.7 Å². The maximum Gasteiger partial charge on any atom is 0.131 e. The standard InChI is InChI=1S/C10H8ClNO/c11-9-5-3-6-10(12)8(9)4-1-2-7-13/h3,5-7H,2,12H2. The molecule has 0 saturated carbocycles. The van der Waals surface area contributed by atoms with E-state index in [2.05, 4.69) is 11.8 Å². The Morgan fingerprint density at radius 2 is 2.31 bits per heavy atom. The molecule has 2 nitrogen and oxygen atoms in total. The molecule has 0 bridgehead atoms. The molecule has 0 spiro atoms. The first-order valence-electron chi connectivity index (χ1n) is 3.72. The minimum atomic E-state index is 0.199. The van der Waals surface area contributed by atoms with E-state index in [9.17, 15) is 4.79 Å². The number of nitrogens with two attached hydrogens (primary N) is 1. The summed E-state index contributed by atoms with van der Waals surface area (Å²) < 4.78 is 0. The van der Waals surface area contributed by atoms with Gasteiger partial charge in [0.15, 0.2) is 0 Å². The second-order valence-electron chi connectivity index (χ2n) is 2.38. The zero-order valence-electron chi connectivity index (χ0n) is 6.88. The Morgan fingerprint density at radius 3 is 2.92 bits per heavy atom. The van der Waals surface area contributed by atoms with Crippen molar-refractivity contribution in [3.8, 4) is 11.8 Å². The summed E-state index contributed by atoms with van der Waals surface area (Å²) in [7, 11) is 0. The number of carbonyl (C=O) groups is 1. The summed E-state index contributed by atoms with van der Waals surface area (Å²) in [6, 6.07) is 5.18. The van der Waals surface area contributed by atoms with Crippen molar-refractivity contribution in [3.63, 3.8) is 0 Å². The summed E-state index contributed by atoms with van der Waals surface area (Å²) in [4.78, 5) is 10.00. The third-order valence-electron chi connectivity index (χ3n) is 1.44. The van der Waals surface area contributed by atoms with Crippen LogP contribution in [0.1, 0.15) is 12.0 Å². The molecule has 0 saturated heterocycles. The molecule has 0 aliphatic rings. The lowest BCUT2D eigenvalue weighted by molar-refractivity contribution is -0.107.